The molecule has 0 radical (unpaired) electrons. The molecule has 1 heterocycles. The lowest BCUT2D eigenvalue weighted by Gasteiger charge is -2.14. The minimum absolute atomic E-state index is 0.334. The Morgan fingerprint density at radius 3 is 2.85 bits per heavy atom. The van der Waals surface area contributed by atoms with E-state index >= 15 is 0 Å². The minimum Gasteiger partial charge on any atom is -0.396 e. The van der Waals surface area contributed by atoms with Gasteiger partial charge in [-0.1, -0.05) is 0 Å². The summed E-state index contributed by atoms with van der Waals surface area (Å²) in [5.41, 5.74) is 0. The third-order valence-corrected chi connectivity index (χ3v) is 2.69. The van der Waals surface area contributed by atoms with Crippen molar-refractivity contribution in [2.45, 2.75) is 31.8 Å². The number of ether oxygens (including phenoxy) is 1. The number of methoxy groups -OCH3 is 1. The van der Waals surface area contributed by atoms with Crippen LogP contribution in [-0.4, -0.2) is 49.5 Å². The first-order valence-electron chi connectivity index (χ1n) is 5.23. The normalized spacial score (nSPS) is 24.0. The zero-order chi connectivity index (χ0) is 9.52. The predicted molar refractivity (Wildman–Crippen MR) is 52.8 cm³/mol. The quantitative estimate of drug-likeness (QED) is 0.626. The maximum atomic E-state index is 8.60. The maximum Gasteiger partial charge on any atom is 0.0710 e. The smallest absolute Gasteiger partial charge is 0.0710 e. The third kappa shape index (κ3) is 4.07. The SMILES string of the molecule is COC1CCN(CCCCCO)C1. The van der Waals surface area contributed by atoms with Crippen LogP contribution in [0.3, 0.4) is 0 Å². The minimum atomic E-state index is 0.334. The van der Waals surface area contributed by atoms with Crippen molar-refractivity contribution in [1.29, 1.82) is 0 Å². The first-order chi connectivity index (χ1) is 6.36. The Labute approximate surface area is 80.7 Å². The highest BCUT2D eigenvalue weighted by Crippen LogP contribution is 2.12. The van der Waals surface area contributed by atoms with E-state index in [9.17, 15) is 0 Å². The van der Waals surface area contributed by atoms with E-state index in [4.69, 9.17) is 9.84 Å². The summed E-state index contributed by atoms with van der Waals surface area (Å²) in [4.78, 5) is 2.45. The van der Waals surface area contributed by atoms with Gasteiger partial charge in [-0.3, -0.25) is 0 Å². The second-order valence-electron chi connectivity index (χ2n) is 3.73. The molecule has 1 fully saturated rings. The summed E-state index contributed by atoms with van der Waals surface area (Å²) in [6.07, 6.45) is 4.93. The van der Waals surface area contributed by atoms with Crippen LogP contribution in [0.2, 0.25) is 0 Å². The molecular weight excluding hydrogens is 166 g/mol. The molecule has 1 aliphatic rings. The van der Waals surface area contributed by atoms with E-state index in [1.165, 1.54) is 25.9 Å². The third-order valence-electron chi connectivity index (χ3n) is 2.69. The van der Waals surface area contributed by atoms with E-state index in [1.807, 2.05) is 0 Å². The molecule has 1 N–H and O–H groups in total. The molecule has 0 aliphatic carbocycles. The van der Waals surface area contributed by atoms with Gasteiger partial charge in [-0.05, 0) is 32.2 Å². The lowest BCUT2D eigenvalue weighted by atomic mass is 10.2. The van der Waals surface area contributed by atoms with Gasteiger partial charge < -0.3 is 14.7 Å². The molecule has 1 aliphatic heterocycles. The summed E-state index contributed by atoms with van der Waals surface area (Å²) in [7, 11) is 1.79. The fourth-order valence-electron chi connectivity index (χ4n) is 1.82. The van der Waals surface area contributed by atoms with Crippen molar-refractivity contribution in [2.75, 3.05) is 33.4 Å². The predicted octanol–water partition coefficient (Wildman–Crippen LogP) is 0.870. The van der Waals surface area contributed by atoms with Crippen LogP contribution in [0.1, 0.15) is 25.7 Å². The van der Waals surface area contributed by atoms with E-state index in [0.717, 1.165) is 19.4 Å². The number of aliphatic hydroxyl groups excluding tert-OH is 1. The van der Waals surface area contributed by atoms with Crippen molar-refractivity contribution in [3.8, 4) is 0 Å². The molecule has 0 aromatic rings. The largest absolute Gasteiger partial charge is 0.396 e. The number of likely N-dealkylation sites (tertiary alicyclic amines) is 1. The van der Waals surface area contributed by atoms with E-state index in [0.29, 0.717) is 12.7 Å². The number of unbranched alkanes of at least 4 members (excludes halogenated alkanes) is 2. The van der Waals surface area contributed by atoms with Crippen LogP contribution < -0.4 is 0 Å². The maximum absolute atomic E-state index is 8.60. The van der Waals surface area contributed by atoms with Crippen molar-refractivity contribution in [3.63, 3.8) is 0 Å². The number of rotatable bonds is 6. The molecule has 0 aromatic heterocycles. The molecular formula is C10H21NO2. The monoisotopic (exact) mass is 187 g/mol. The van der Waals surface area contributed by atoms with Crippen LogP contribution in [-0.2, 0) is 4.74 Å². The summed E-state index contributed by atoms with van der Waals surface area (Å²) in [5, 5.41) is 8.60. The van der Waals surface area contributed by atoms with Gasteiger partial charge in [-0.15, -0.1) is 0 Å². The lowest BCUT2D eigenvalue weighted by Crippen LogP contribution is -2.23. The zero-order valence-electron chi connectivity index (χ0n) is 8.54. The molecule has 78 valence electrons. The number of hydrogen-bond acceptors (Lipinski definition) is 3. The van der Waals surface area contributed by atoms with Gasteiger partial charge in [0, 0.05) is 26.8 Å². The van der Waals surface area contributed by atoms with Gasteiger partial charge in [0.15, 0.2) is 0 Å². The summed E-state index contributed by atoms with van der Waals surface area (Å²) >= 11 is 0. The van der Waals surface area contributed by atoms with Crippen molar-refractivity contribution < 1.29 is 9.84 Å². The van der Waals surface area contributed by atoms with Gasteiger partial charge in [0.2, 0.25) is 0 Å². The molecule has 0 bridgehead atoms. The van der Waals surface area contributed by atoms with Crippen molar-refractivity contribution >= 4 is 0 Å². The van der Waals surface area contributed by atoms with Gasteiger partial charge in [-0.25, -0.2) is 0 Å². The number of hydrogen-bond donors (Lipinski definition) is 1. The molecule has 1 atom stereocenters. The molecule has 1 rings (SSSR count). The molecule has 1 unspecified atom stereocenters. The van der Waals surface area contributed by atoms with Crippen molar-refractivity contribution in [3.05, 3.63) is 0 Å². The van der Waals surface area contributed by atoms with E-state index in [2.05, 4.69) is 4.90 Å². The van der Waals surface area contributed by atoms with Crippen LogP contribution in [0, 0.1) is 0 Å². The molecule has 3 nitrogen and oxygen atoms in total. The summed E-state index contributed by atoms with van der Waals surface area (Å²) in [6.45, 7) is 3.77. The van der Waals surface area contributed by atoms with E-state index < -0.39 is 0 Å². The molecule has 0 amide bonds. The Bertz CT molecular complexity index is 130. The Kier molecular flexibility index (Phi) is 5.35. The van der Waals surface area contributed by atoms with Gasteiger partial charge in [-0.2, -0.15) is 0 Å². The van der Waals surface area contributed by atoms with E-state index in [-0.39, 0.29) is 0 Å². The van der Waals surface area contributed by atoms with Crippen molar-refractivity contribution in [2.24, 2.45) is 0 Å². The van der Waals surface area contributed by atoms with E-state index in [1.54, 1.807) is 7.11 Å². The number of nitrogens with zero attached hydrogens (tertiary/aromatic N) is 1. The van der Waals surface area contributed by atoms with Gasteiger partial charge in [0.1, 0.15) is 0 Å². The first kappa shape index (κ1) is 11.0. The highest BCUT2D eigenvalue weighted by Gasteiger charge is 2.20. The summed E-state index contributed by atoms with van der Waals surface area (Å²) in [5.74, 6) is 0. The zero-order valence-corrected chi connectivity index (χ0v) is 8.54. The highest BCUT2D eigenvalue weighted by atomic mass is 16.5. The number of aliphatic hydroxyl groups is 1. The second-order valence-corrected chi connectivity index (χ2v) is 3.73. The Hall–Kier alpha value is -0.120. The molecule has 1 saturated heterocycles. The lowest BCUT2D eigenvalue weighted by molar-refractivity contribution is 0.108. The molecule has 13 heavy (non-hydrogen) atoms. The Balaban J connectivity index is 1.97. The highest BCUT2D eigenvalue weighted by molar-refractivity contribution is 4.75. The first-order valence-corrected chi connectivity index (χ1v) is 5.23. The van der Waals surface area contributed by atoms with Crippen LogP contribution in [0.15, 0.2) is 0 Å². The van der Waals surface area contributed by atoms with Gasteiger partial charge in [0.05, 0.1) is 6.10 Å². The second kappa shape index (κ2) is 6.35. The summed E-state index contributed by atoms with van der Waals surface area (Å²) < 4.78 is 5.29. The molecule has 0 aromatic carbocycles. The standard InChI is InChI=1S/C10H21NO2/c1-13-10-5-7-11(9-10)6-3-2-4-8-12/h10,12H,2-9H2,1H3. The van der Waals surface area contributed by atoms with Crippen LogP contribution in [0.4, 0.5) is 0 Å². The topological polar surface area (TPSA) is 32.7 Å². The fourth-order valence-corrected chi connectivity index (χ4v) is 1.82. The summed E-state index contributed by atoms with van der Waals surface area (Å²) in [6, 6.07) is 0. The average molecular weight is 187 g/mol. The van der Waals surface area contributed by atoms with Gasteiger partial charge in [0.25, 0.3) is 0 Å². The average Bonchev–Trinajstić information content (AvgIpc) is 2.60. The van der Waals surface area contributed by atoms with Crippen LogP contribution in [0.5, 0.6) is 0 Å². The molecule has 0 spiro atoms. The van der Waals surface area contributed by atoms with Gasteiger partial charge >= 0.3 is 0 Å². The molecule has 3 heteroatoms. The fraction of sp³-hybridized carbons (Fsp3) is 1.00. The Morgan fingerprint density at radius 1 is 1.38 bits per heavy atom. The van der Waals surface area contributed by atoms with Crippen LogP contribution >= 0.6 is 0 Å². The molecule has 0 saturated carbocycles. The van der Waals surface area contributed by atoms with Crippen molar-refractivity contribution in [1.82, 2.24) is 4.90 Å². The Morgan fingerprint density at radius 2 is 2.23 bits per heavy atom. The van der Waals surface area contributed by atoms with Crippen LogP contribution in [0.25, 0.3) is 0 Å².